The fraction of sp³-hybridized carbons (Fsp3) is 0.923. The summed E-state index contributed by atoms with van der Waals surface area (Å²) in [6, 6.07) is 0. The second kappa shape index (κ2) is 9.64. The summed E-state index contributed by atoms with van der Waals surface area (Å²) in [5.41, 5.74) is 0. The van der Waals surface area contributed by atoms with Crippen molar-refractivity contribution in [1.82, 2.24) is 0 Å². The van der Waals surface area contributed by atoms with Gasteiger partial charge in [0.15, 0.2) is 0 Å². The Kier molecular flexibility index (Phi) is 9.30. The van der Waals surface area contributed by atoms with E-state index in [4.69, 9.17) is 0 Å². The van der Waals surface area contributed by atoms with Crippen LogP contribution in [-0.4, -0.2) is 24.3 Å². The molecule has 3 heteroatoms. The third-order valence-electron chi connectivity index (χ3n) is 2.70. The Morgan fingerprint density at radius 1 is 1.12 bits per heavy atom. The van der Waals surface area contributed by atoms with Crippen molar-refractivity contribution in [3.05, 3.63) is 0 Å². The van der Waals surface area contributed by atoms with Gasteiger partial charge < -0.3 is 9.84 Å². The Morgan fingerprint density at radius 2 is 1.69 bits per heavy atom. The highest BCUT2D eigenvalue weighted by Gasteiger charge is 2.10. The molecule has 0 aromatic carbocycles. The minimum atomic E-state index is -0.530. The number of rotatable bonds is 9. The third kappa shape index (κ3) is 9.97. The number of carbonyl (C=O) groups is 1. The molecule has 1 N–H and O–H groups in total. The Bertz CT molecular complexity index is 178. The average Bonchev–Trinajstić information content (AvgIpc) is 2.22. The zero-order valence-corrected chi connectivity index (χ0v) is 10.9. The number of unbranched alkanes of at least 4 members (excludes halogenated alkanes) is 3. The third-order valence-corrected chi connectivity index (χ3v) is 2.70. The number of hydrogen-bond donors (Lipinski definition) is 1. The van der Waals surface area contributed by atoms with Crippen molar-refractivity contribution in [3.8, 4) is 0 Å². The van der Waals surface area contributed by atoms with E-state index in [1.54, 1.807) is 0 Å². The van der Waals surface area contributed by atoms with Gasteiger partial charge in [0.05, 0.1) is 19.6 Å². The van der Waals surface area contributed by atoms with Crippen LogP contribution in [0.3, 0.4) is 0 Å². The van der Waals surface area contributed by atoms with Crippen LogP contribution in [-0.2, 0) is 9.53 Å². The van der Waals surface area contributed by atoms with Crippen molar-refractivity contribution in [2.75, 3.05) is 7.11 Å². The van der Waals surface area contributed by atoms with Crippen molar-refractivity contribution >= 4 is 5.97 Å². The Labute approximate surface area is 99.2 Å². The van der Waals surface area contributed by atoms with E-state index >= 15 is 0 Å². The van der Waals surface area contributed by atoms with Crippen LogP contribution in [0.2, 0.25) is 0 Å². The number of aliphatic hydroxyl groups excluding tert-OH is 1. The lowest BCUT2D eigenvalue weighted by molar-refractivity contribution is -0.142. The molecule has 0 aliphatic rings. The van der Waals surface area contributed by atoms with Crippen molar-refractivity contribution in [2.24, 2.45) is 5.92 Å². The molecule has 96 valence electrons. The van der Waals surface area contributed by atoms with E-state index < -0.39 is 6.10 Å². The molecule has 0 bridgehead atoms. The fourth-order valence-electron chi connectivity index (χ4n) is 1.66. The zero-order chi connectivity index (χ0) is 12.4. The van der Waals surface area contributed by atoms with E-state index in [1.807, 2.05) is 0 Å². The number of aliphatic hydroxyl groups is 1. The molecule has 1 unspecified atom stereocenters. The van der Waals surface area contributed by atoms with Crippen LogP contribution in [0, 0.1) is 5.92 Å². The molecule has 0 saturated heterocycles. The maximum Gasteiger partial charge on any atom is 0.308 e. The van der Waals surface area contributed by atoms with Crippen molar-refractivity contribution in [2.45, 2.75) is 64.9 Å². The summed E-state index contributed by atoms with van der Waals surface area (Å²) in [5.74, 6) is 0.456. The molecule has 0 aromatic heterocycles. The monoisotopic (exact) mass is 230 g/mol. The SMILES string of the molecule is COC(=O)CC(O)CCCCCCC(C)C. The second-order valence-electron chi connectivity index (χ2n) is 4.82. The minimum absolute atomic E-state index is 0.127. The molecule has 0 heterocycles. The maximum absolute atomic E-state index is 10.9. The van der Waals surface area contributed by atoms with E-state index in [2.05, 4.69) is 18.6 Å². The predicted molar refractivity (Wildman–Crippen MR) is 65.2 cm³/mol. The van der Waals surface area contributed by atoms with E-state index in [9.17, 15) is 9.90 Å². The van der Waals surface area contributed by atoms with Gasteiger partial charge in [-0.3, -0.25) is 4.79 Å². The van der Waals surface area contributed by atoms with Crippen molar-refractivity contribution in [1.29, 1.82) is 0 Å². The fourth-order valence-corrected chi connectivity index (χ4v) is 1.66. The number of ether oxygens (including phenoxy) is 1. The summed E-state index contributed by atoms with van der Waals surface area (Å²) in [6.45, 7) is 4.47. The van der Waals surface area contributed by atoms with Crippen LogP contribution in [0.4, 0.5) is 0 Å². The molecule has 0 saturated carbocycles. The van der Waals surface area contributed by atoms with Crippen molar-refractivity contribution < 1.29 is 14.6 Å². The van der Waals surface area contributed by atoms with E-state index in [-0.39, 0.29) is 12.4 Å². The summed E-state index contributed by atoms with van der Waals surface area (Å²) in [6.07, 6.45) is 6.22. The van der Waals surface area contributed by atoms with E-state index in [1.165, 1.54) is 26.4 Å². The summed E-state index contributed by atoms with van der Waals surface area (Å²) in [5, 5.41) is 9.49. The van der Waals surface area contributed by atoms with Crippen LogP contribution >= 0.6 is 0 Å². The van der Waals surface area contributed by atoms with Crippen LogP contribution in [0.15, 0.2) is 0 Å². The highest BCUT2D eigenvalue weighted by atomic mass is 16.5. The van der Waals surface area contributed by atoms with Crippen LogP contribution in [0.5, 0.6) is 0 Å². The molecular weight excluding hydrogens is 204 g/mol. The summed E-state index contributed by atoms with van der Waals surface area (Å²) in [7, 11) is 1.35. The molecular formula is C13H26O3. The topological polar surface area (TPSA) is 46.5 Å². The first-order valence-corrected chi connectivity index (χ1v) is 6.31. The molecule has 0 aliphatic heterocycles. The zero-order valence-electron chi connectivity index (χ0n) is 10.9. The average molecular weight is 230 g/mol. The molecule has 1 atom stereocenters. The van der Waals surface area contributed by atoms with Crippen molar-refractivity contribution in [3.63, 3.8) is 0 Å². The summed E-state index contributed by atoms with van der Waals surface area (Å²) >= 11 is 0. The lowest BCUT2D eigenvalue weighted by atomic mass is 10.0. The molecule has 0 rings (SSSR count). The van der Waals surface area contributed by atoms with Gasteiger partial charge in [0, 0.05) is 0 Å². The number of methoxy groups -OCH3 is 1. The largest absolute Gasteiger partial charge is 0.469 e. The van der Waals surface area contributed by atoms with Gasteiger partial charge in [-0.25, -0.2) is 0 Å². The number of hydrogen-bond acceptors (Lipinski definition) is 3. The second-order valence-corrected chi connectivity index (χ2v) is 4.82. The van der Waals surface area contributed by atoms with Gasteiger partial charge in [-0.2, -0.15) is 0 Å². The number of carbonyl (C=O) groups excluding carboxylic acids is 1. The molecule has 16 heavy (non-hydrogen) atoms. The highest BCUT2D eigenvalue weighted by Crippen LogP contribution is 2.12. The molecule has 3 nitrogen and oxygen atoms in total. The van der Waals surface area contributed by atoms with Crippen LogP contribution < -0.4 is 0 Å². The lowest BCUT2D eigenvalue weighted by Gasteiger charge is -2.09. The van der Waals surface area contributed by atoms with Crippen LogP contribution in [0.1, 0.15) is 58.8 Å². The molecule has 0 fully saturated rings. The lowest BCUT2D eigenvalue weighted by Crippen LogP contribution is -2.14. The van der Waals surface area contributed by atoms with Gasteiger partial charge in [-0.05, 0) is 12.3 Å². The Morgan fingerprint density at radius 3 is 2.19 bits per heavy atom. The van der Waals surface area contributed by atoms with Gasteiger partial charge >= 0.3 is 5.97 Å². The van der Waals surface area contributed by atoms with Gasteiger partial charge in [0.2, 0.25) is 0 Å². The first-order chi connectivity index (χ1) is 7.56. The minimum Gasteiger partial charge on any atom is -0.469 e. The number of esters is 1. The van der Waals surface area contributed by atoms with Gasteiger partial charge in [0.25, 0.3) is 0 Å². The Hall–Kier alpha value is -0.570. The first-order valence-electron chi connectivity index (χ1n) is 6.31. The van der Waals surface area contributed by atoms with Crippen LogP contribution in [0.25, 0.3) is 0 Å². The molecule has 0 aromatic rings. The highest BCUT2D eigenvalue weighted by molar-refractivity contribution is 5.69. The van der Waals surface area contributed by atoms with E-state index in [0.29, 0.717) is 6.42 Å². The smallest absolute Gasteiger partial charge is 0.308 e. The summed E-state index contributed by atoms with van der Waals surface area (Å²) in [4.78, 5) is 10.9. The molecule has 0 spiro atoms. The molecule has 0 amide bonds. The van der Waals surface area contributed by atoms with Gasteiger partial charge in [-0.15, -0.1) is 0 Å². The quantitative estimate of drug-likeness (QED) is 0.489. The molecule has 0 radical (unpaired) electrons. The van der Waals surface area contributed by atoms with E-state index in [0.717, 1.165) is 18.8 Å². The predicted octanol–water partition coefficient (Wildman–Crippen LogP) is 2.91. The standard InChI is InChI=1S/C13H26O3/c1-11(2)8-6-4-5-7-9-12(14)10-13(15)16-3/h11-12,14H,4-10H2,1-3H3. The summed E-state index contributed by atoms with van der Waals surface area (Å²) < 4.78 is 4.49. The first kappa shape index (κ1) is 15.4. The molecule has 0 aliphatic carbocycles. The normalized spacial score (nSPS) is 12.8. The van der Waals surface area contributed by atoms with Gasteiger partial charge in [0.1, 0.15) is 0 Å². The Balaban J connectivity index is 3.27. The van der Waals surface area contributed by atoms with Gasteiger partial charge in [-0.1, -0.05) is 46.0 Å². The maximum atomic E-state index is 10.9.